The first-order valence-electron chi connectivity index (χ1n) is 7.49. The number of nitrogens with one attached hydrogen (secondary N) is 1. The highest BCUT2D eigenvalue weighted by Gasteiger charge is 2.34. The van der Waals surface area contributed by atoms with Crippen LogP contribution in [0.25, 0.3) is 0 Å². The highest BCUT2D eigenvalue weighted by Crippen LogP contribution is 2.31. The van der Waals surface area contributed by atoms with Gasteiger partial charge in [0.1, 0.15) is 5.82 Å². The second-order valence-corrected chi connectivity index (χ2v) is 5.73. The highest BCUT2D eigenvalue weighted by atomic mass is 19.1. The molecule has 0 spiro atoms. The Bertz CT molecular complexity index is 500. The summed E-state index contributed by atoms with van der Waals surface area (Å²) in [7, 11) is 1.91. The van der Waals surface area contributed by atoms with Gasteiger partial charge in [-0.1, -0.05) is 12.1 Å². The summed E-state index contributed by atoms with van der Waals surface area (Å²) >= 11 is 0. The first kappa shape index (κ1) is 15.8. The zero-order valence-electron chi connectivity index (χ0n) is 12.8. The molecular weight excluding hydrogens is 269 g/mol. The van der Waals surface area contributed by atoms with Crippen LogP contribution in [0.15, 0.2) is 29.3 Å². The number of hydrogen-bond acceptors (Lipinski definition) is 2. The van der Waals surface area contributed by atoms with Crippen molar-refractivity contribution in [2.75, 3.05) is 20.1 Å². The van der Waals surface area contributed by atoms with E-state index in [4.69, 9.17) is 0 Å². The van der Waals surface area contributed by atoms with E-state index in [1.165, 1.54) is 12.1 Å². The molecule has 0 heterocycles. The zero-order chi connectivity index (χ0) is 15.3. The molecule has 1 aliphatic rings. The Morgan fingerprint density at radius 1 is 1.48 bits per heavy atom. The molecular formula is C16H24FN3O. The van der Waals surface area contributed by atoms with Crippen LogP contribution >= 0.6 is 0 Å². The van der Waals surface area contributed by atoms with Crippen molar-refractivity contribution in [1.82, 2.24) is 10.2 Å². The van der Waals surface area contributed by atoms with Crippen molar-refractivity contribution in [2.24, 2.45) is 4.99 Å². The number of nitrogens with zero attached hydrogens (tertiary/aromatic N) is 2. The molecule has 21 heavy (non-hydrogen) atoms. The van der Waals surface area contributed by atoms with Crippen LogP contribution in [0.4, 0.5) is 4.39 Å². The molecule has 2 N–H and O–H groups in total. The van der Waals surface area contributed by atoms with Gasteiger partial charge in [-0.2, -0.15) is 0 Å². The third kappa shape index (κ3) is 4.43. The van der Waals surface area contributed by atoms with E-state index in [1.54, 1.807) is 6.07 Å². The molecule has 0 saturated heterocycles. The Kier molecular flexibility index (Phi) is 5.17. The van der Waals surface area contributed by atoms with E-state index < -0.39 is 5.60 Å². The van der Waals surface area contributed by atoms with Gasteiger partial charge in [0.25, 0.3) is 0 Å². The molecule has 1 aromatic carbocycles. The van der Waals surface area contributed by atoms with E-state index in [0.717, 1.165) is 37.3 Å². The third-order valence-corrected chi connectivity index (χ3v) is 3.81. The first-order chi connectivity index (χ1) is 10.0. The van der Waals surface area contributed by atoms with Crippen molar-refractivity contribution in [1.29, 1.82) is 0 Å². The van der Waals surface area contributed by atoms with Crippen molar-refractivity contribution >= 4 is 5.96 Å². The van der Waals surface area contributed by atoms with Gasteiger partial charge in [0, 0.05) is 20.1 Å². The van der Waals surface area contributed by atoms with Gasteiger partial charge in [-0.15, -0.1) is 0 Å². The number of benzene rings is 1. The Morgan fingerprint density at radius 2 is 2.24 bits per heavy atom. The van der Waals surface area contributed by atoms with E-state index in [2.05, 4.69) is 10.3 Å². The lowest BCUT2D eigenvalue weighted by Gasteiger charge is -2.35. The molecule has 116 valence electrons. The van der Waals surface area contributed by atoms with Gasteiger partial charge < -0.3 is 15.3 Å². The largest absolute Gasteiger partial charge is 0.388 e. The molecule has 1 aliphatic carbocycles. The molecule has 5 heteroatoms. The van der Waals surface area contributed by atoms with Crippen LogP contribution in [-0.2, 0) is 6.54 Å². The zero-order valence-corrected chi connectivity index (χ0v) is 12.8. The van der Waals surface area contributed by atoms with E-state index in [1.807, 2.05) is 24.9 Å². The number of aliphatic hydroxyl groups is 1. The Hall–Kier alpha value is -1.62. The summed E-state index contributed by atoms with van der Waals surface area (Å²) in [5, 5.41) is 13.3. The SMILES string of the molecule is CCNC(=NCC1(O)CCC1)N(C)Cc1cccc(F)c1. The minimum atomic E-state index is -0.625. The summed E-state index contributed by atoms with van der Waals surface area (Å²) in [6, 6.07) is 6.57. The lowest BCUT2D eigenvalue weighted by atomic mass is 9.80. The van der Waals surface area contributed by atoms with Gasteiger partial charge in [0.2, 0.25) is 0 Å². The molecule has 0 bridgehead atoms. The molecule has 0 unspecified atom stereocenters. The number of aliphatic imine (C=N–C) groups is 1. The van der Waals surface area contributed by atoms with E-state index in [0.29, 0.717) is 13.1 Å². The second-order valence-electron chi connectivity index (χ2n) is 5.73. The van der Waals surface area contributed by atoms with Crippen molar-refractivity contribution < 1.29 is 9.50 Å². The van der Waals surface area contributed by atoms with Gasteiger partial charge in [-0.25, -0.2) is 4.39 Å². The number of halogens is 1. The van der Waals surface area contributed by atoms with E-state index >= 15 is 0 Å². The fraction of sp³-hybridized carbons (Fsp3) is 0.562. The second kappa shape index (κ2) is 6.89. The van der Waals surface area contributed by atoms with Gasteiger partial charge >= 0.3 is 0 Å². The minimum absolute atomic E-state index is 0.230. The molecule has 0 aromatic heterocycles. The maximum Gasteiger partial charge on any atom is 0.194 e. The summed E-state index contributed by atoms with van der Waals surface area (Å²) < 4.78 is 13.2. The Morgan fingerprint density at radius 3 is 2.81 bits per heavy atom. The van der Waals surface area contributed by atoms with Crippen molar-refractivity contribution in [3.05, 3.63) is 35.6 Å². The van der Waals surface area contributed by atoms with Crippen molar-refractivity contribution in [3.63, 3.8) is 0 Å². The molecule has 1 fully saturated rings. The van der Waals surface area contributed by atoms with Crippen LogP contribution in [-0.4, -0.2) is 41.7 Å². The maximum atomic E-state index is 13.2. The molecule has 0 aliphatic heterocycles. The molecule has 2 rings (SSSR count). The predicted molar refractivity (Wildman–Crippen MR) is 82.6 cm³/mol. The lowest BCUT2D eigenvalue weighted by Crippen LogP contribution is -2.43. The summed E-state index contributed by atoms with van der Waals surface area (Å²) in [6.07, 6.45) is 2.72. The summed E-state index contributed by atoms with van der Waals surface area (Å²) in [6.45, 7) is 3.75. The fourth-order valence-electron chi connectivity index (χ4n) is 2.42. The fourth-order valence-corrected chi connectivity index (χ4v) is 2.42. The molecule has 0 amide bonds. The minimum Gasteiger partial charge on any atom is -0.388 e. The van der Waals surface area contributed by atoms with Crippen LogP contribution < -0.4 is 5.32 Å². The third-order valence-electron chi connectivity index (χ3n) is 3.81. The van der Waals surface area contributed by atoms with Crippen LogP contribution in [0.1, 0.15) is 31.7 Å². The van der Waals surface area contributed by atoms with Crippen LogP contribution in [0, 0.1) is 5.82 Å². The smallest absolute Gasteiger partial charge is 0.194 e. The van der Waals surface area contributed by atoms with E-state index in [9.17, 15) is 9.50 Å². The van der Waals surface area contributed by atoms with Gasteiger partial charge in [0.05, 0.1) is 12.1 Å². The number of hydrogen-bond donors (Lipinski definition) is 2. The van der Waals surface area contributed by atoms with Crippen molar-refractivity contribution in [2.45, 2.75) is 38.3 Å². The maximum absolute atomic E-state index is 13.2. The van der Waals surface area contributed by atoms with Crippen LogP contribution in [0.2, 0.25) is 0 Å². The first-order valence-corrected chi connectivity index (χ1v) is 7.49. The normalized spacial score (nSPS) is 17.2. The molecule has 1 saturated carbocycles. The lowest BCUT2D eigenvalue weighted by molar-refractivity contribution is -0.0237. The highest BCUT2D eigenvalue weighted by molar-refractivity contribution is 5.79. The quantitative estimate of drug-likeness (QED) is 0.646. The summed E-state index contributed by atoms with van der Waals surface area (Å²) in [5.74, 6) is 0.508. The molecule has 4 nitrogen and oxygen atoms in total. The monoisotopic (exact) mass is 293 g/mol. The van der Waals surface area contributed by atoms with Gasteiger partial charge in [-0.05, 0) is 43.9 Å². The number of rotatable bonds is 5. The van der Waals surface area contributed by atoms with Crippen LogP contribution in [0.5, 0.6) is 0 Å². The Balaban J connectivity index is 2.00. The summed E-state index contributed by atoms with van der Waals surface area (Å²) in [5.41, 5.74) is 0.269. The molecule has 0 atom stereocenters. The predicted octanol–water partition coefficient (Wildman–Crippen LogP) is 2.14. The molecule has 0 radical (unpaired) electrons. The van der Waals surface area contributed by atoms with Gasteiger partial charge in [-0.3, -0.25) is 4.99 Å². The van der Waals surface area contributed by atoms with Crippen molar-refractivity contribution in [3.8, 4) is 0 Å². The average molecular weight is 293 g/mol. The number of guanidine groups is 1. The molecule has 1 aromatic rings. The topological polar surface area (TPSA) is 47.9 Å². The Labute approximate surface area is 125 Å². The average Bonchev–Trinajstić information content (AvgIpc) is 2.41. The van der Waals surface area contributed by atoms with E-state index in [-0.39, 0.29) is 5.82 Å². The summed E-state index contributed by atoms with van der Waals surface area (Å²) in [4.78, 5) is 6.46. The standard InChI is InChI=1S/C16H24FN3O/c1-3-18-15(19-12-16(21)8-5-9-16)20(2)11-13-6-4-7-14(17)10-13/h4,6-7,10,21H,3,5,8-9,11-12H2,1-2H3,(H,18,19). The van der Waals surface area contributed by atoms with Gasteiger partial charge in [0.15, 0.2) is 5.96 Å². The van der Waals surface area contributed by atoms with Crippen LogP contribution in [0.3, 0.4) is 0 Å².